The van der Waals surface area contributed by atoms with Crippen LogP contribution in [0.15, 0.2) is 0 Å². The van der Waals surface area contributed by atoms with E-state index < -0.39 is 83.0 Å². The van der Waals surface area contributed by atoms with Crippen LogP contribution in [0.5, 0.6) is 0 Å². The fraction of sp³-hybridized carbons (Fsp3) is 0.826. The Labute approximate surface area is 390 Å². The summed E-state index contributed by atoms with van der Waals surface area (Å²) in [6, 6.07) is -5.95. The number of amides is 8. The first kappa shape index (κ1) is 60.1. The van der Waals surface area contributed by atoms with Gasteiger partial charge in [0, 0.05) is 41.7 Å². The van der Waals surface area contributed by atoms with Crippen molar-refractivity contribution in [3.05, 3.63) is 0 Å². The number of likely N-dealkylation sites (N-methyl/N-ethyl adjacent to an activating group) is 5. The van der Waals surface area contributed by atoms with E-state index in [0.717, 1.165) is 26.1 Å². The lowest BCUT2D eigenvalue weighted by atomic mass is 9.96. The highest BCUT2D eigenvalue weighted by atomic mass is 32.2. The minimum atomic E-state index is -1.10. The molecule has 0 saturated heterocycles. The molecule has 4 N–H and O–H groups in total. The number of hydrogen-bond donors (Lipinski definition) is 4. The van der Waals surface area contributed by atoms with Crippen molar-refractivity contribution in [1.82, 2.24) is 45.8 Å². The van der Waals surface area contributed by atoms with Crippen molar-refractivity contribution in [2.45, 2.75) is 164 Å². The highest BCUT2D eigenvalue weighted by Gasteiger charge is 2.40. The molecular formula is C46H87N9O8S. The summed E-state index contributed by atoms with van der Waals surface area (Å²) in [6.45, 7) is 26.6. The monoisotopic (exact) mass is 926 g/mol. The van der Waals surface area contributed by atoms with Gasteiger partial charge in [0.1, 0.15) is 36.3 Å². The third-order valence-electron chi connectivity index (χ3n) is 11.5. The quantitative estimate of drug-likeness (QED) is 0.0639. The molecule has 0 aromatic rings. The SMILES string of the molecule is CCCC(=O)N(C)[C@H](SCCCN(CC)CC)C(=O)N(C)[C@H](C(=O)N[C@H](C(=O)N(C)[C@@H](CC(C)C)C(=O)N[C@@H](C)C(=O)N[C@@H](C)C(=O)N(C)[C@@H](CC(C)C)C(=O)NC)C(C)C)C(C)C. The zero-order valence-corrected chi connectivity index (χ0v) is 43.4. The summed E-state index contributed by atoms with van der Waals surface area (Å²) in [5.74, 6) is -3.75. The Kier molecular flexibility index (Phi) is 27.8. The van der Waals surface area contributed by atoms with Crippen LogP contribution in [0.25, 0.3) is 0 Å². The highest BCUT2D eigenvalue weighted by molar-refractivity contribution is 8.00. The zero-order chi connectivity index (χ0) is 49.8. The summed E-state index contributed by atoms with van der Waals surface area (Å²) in [5, 5.41) is 9.99. The normalized spacial score (nSPS) is 14.9. The predicted molar refractivity (Wildman–Crippen MR) is 256 cm³/mol. The van der Waals surface area contributed by atoms with E-state index in [1.165, 1.54) is 66.4 Å². The first-order chi connectivity index (χ1) is 29.7. The summed E-state index contributed by atoms with van der Waals surface area (Å²) in [5.41, 5.74) is 0. The van der Waals surface area contributed by atoms with Crippen molar-refractivity contribution in [3.8, 4) is 0 Å². The van der Waals surface area contributed by atoms with E-state index in [1.807, 2.05) is 48.5 Å². The highest BCUT2D eigenvalue weighted by Crippen LogP contribution is 2.23. The second kappa shape index (κ2) is 29.6. The van der Waals surface area contributed by atoms with Gasteiger partial charge in [-0.1, -0.05) is 76.2 Å². The second-order valence-corrected chi connectivity index (χ2v) is 19.7. The fourth-order valence-electron chi connectivity index (χ4n) is 7.43. The predicted octanol–water partition coefficient (Wildman–Crippen LogP) is 3.16. The fourth-order valence-corrected chi connectivity index (χ4v) is 8.60. The molecule has 8 amide bonds. The largest absolute Gasteiger partial charge is 0.357 e. The van der Waals surface area contributed by atoms with E-state index >= 15 is 0 Å². The van der Waals surface area contributed by atoms with Gasteiger partial charge in [-0.05, 0) is 88.6 Å². The van der Waals surface area contributed by atoms with Crippen LogP contribution in [0.4, 0.5) is 0 Å². The number of nitrogens with zero attached hydrogens (tertiary/aromatic N) is 5. The standard InChI is InChI=1S/C46H87N9O8S/c1-19-23-36(56)53(17)46(64-25-22-24-55(20-2)21-3)45(63)54(18)38(31(10)11)42(60)50-37(30(8)9)44(62)52(16)35(27-29(6)7)41(59)48-32(12)39(57)49-33(13)43(61)51(15)34(26-28(4)5)40(58)47-14/h28-35,37-38,46H,19-27H2,1-18H3,(H,47,58)(H,48,59)(H,49,57)(H,50,60)/t32-,33-,34-,35-,37-,38-,46+/m0/s1. The van der Waals surface area contributed by atoms with Crippen LogP contribution in [0, 0.1) is 23.7 Å². The zero-order valence-electron chi connectivity index (χ0n) is 42.6. The lowest BCUT2D eigenvalue weighted by molar-refractivity contribution is -0.147. The smallest absolute Gasteiger partial charge is 0.256 e. The molecule has 0 rings (SSSR count). The van der Waals surface area contributed by atoms with Gasteiger partial charge in [0.05, 0.1) is 0 Å². The Balaban J connectivity index is 6.32. The van der Waals surface area contributed by atoms with Crippen molar-refractivity contribution in [1.29, 1.82) is 0 Å². The molecule has 0 bridgehead atoms. The number of carbonyl (C=O) groups is 8. The van der Waals surface area contributed by atoms with Gasteiger partial charge < -0.3 is 45.8 Å². The first-order valence-electron chi connectivity index (χ1n) is 23.3. The van der Waals surface area contributed by atoms with Gasteiger partial charge in [-0.15, -0.1) is 11.8 Å². The van der Waals surface area contributed by atoms with Crippen molar-refractivity contribution in [2.75, 3.05) is 60.6 Å². The lowest BCUT2D eigenvalue weighted by Crippen LogP contribution is -2.61. The van der Waals surface area contributed by atoms with Crippen LogP contribution in [0.1, 0.15) is 122 Å². The number of carbonyl (C=O) groups excluding carboxylic acids is 8. The second-order valence-electron chi connectivity index (χ2n) is 18.5. The van der Waals surface area contributed by atoms with Crippen LogP contribution < -0.4 is 21.3 Å². The summed E-state index contributed by atoms with van der Waals surface area (Å²) in [6.07, 6.45) is 2.38. The Morgan fingerprint density at radius 1 is 0.547 bits per heavy atom. The molecule has 0 spiro atoms. The summed E-state index contributed by atoms with van der Waals surface area (Å²) < 4.78 is 0. The average molecular weight is 926 g/mol. The maximum atomic E-state index is 14.4. The number of rotatable bonds is 29. The third-order valence-corrected chi connectivity index (χ3v) is 12.8. The number of thioether (sulfide) groups is 1. The van der Waals surface area contributed by atoms with E-state index in [4.69, 9.17) is 0 Å². The van der Waals surface area contributed by atoms with E-state index in [0.29, 0.717) is 18.6 Å². The van der Waals surface area contributed by atoms with E-state index in [-0.39, 0.29) is 42.4 Å². The topological polar surface area (TPSA) is 201 Å². The lowest BCUT2D eigenvalue weighted by Gasteiger charge is -2.37. The van der Waals surface area contributed by atoms with Crippen LogP contribution in [-0.4, -0.2) is 174 Å². The molecule has 0 saturated carbocycles. The van der Waals surface area contributed by atoms with E-state index in [2.05, 4.69) is 40.0 Å². The molecule has 0 radical (unpaired) electrons. The van der Waals surface area contributed by atoms with Crippen LogP contribution in [0.3, 0.4) is 0 Å². The summed E-state index contributed by atoms with van der Waals surface area (Å²) in [4.78, 5) is 117. The molecule has 0 aromatic heterocycles. The minimum Gasteiger partial charge on any atom is -0.357 e. The minimum absolute atomic E-state index is 0.0510. The molecule has 64 heavy (non-hydrogen) atoms. The molecule has 0 fully saturated rings. The molecule has 0 heterocycles. The van der Waals surface area contributed by atoms with Gasteiger partial charge in [0.2, 0.25) is 41.4 Å². The Morgan fingerprint density at radius 2 is 1.05 bits per heavy atom. The Hall–Kier alpha value is -3.93. The summed E-state index contributed by atoms with van der Waals surface area (Å²) in [7, 11) is 7.67. The maximum absolute atomic E-state index is 14.4. The maximum Gasteiger partial charge on any atom is 0.256 e. The summed E-state index contributed by atoms with van der Waals surface area (Å²) >= 11 is 1.38. The molecule has 0 unspecified atom stereocenters. The third kappa shape index (κ3) is 18.9. The number of hydrogen-bond acceptors (Lipinski definition) is 10. The molecule has 18 heteroatoms. The molecule has 370 valence electrons. The van der Waals surface area contributed by atoms with Gasteiger partial charge in [-0.2, -0.15) is 0 Å². The van der Waals surface area contributed by atoms with Crippen LogP contribution in [-0.2, 0) is 38.4 Å². The molecule has 0 aliphatic heterocycles. The van der Waals surface area contributed by atoms with Crippen LogP contribution >= 0.6 is 11.8 Å². The number of nitrogens with one attached hydrogen (secondary N) is 4. The molecule has 0 aromatic carbocycles. The molecule has 17 nitrogen and oxygen atoms in total. The first-order valence-corrected chi connectivity index (χ1v) is 24.3. The van der Waals surface area contributed by atoms with Gasteiger partial charge in [0.25, 0.3) is 5.91 Å². The van der Waals surface area contributed by atoms with Crippen molar-refractivity contribution in [2.24, 2.45) is 23.7 Å². The Morgan fingerprint density at radius 3 is 1.50 bits per heavy atom. The molecule has 7 atom stereocenters. The Bertz CT molecular complexity index is 1530. The van der Waals surface area contributed by atoms with E-state index in [1.54, 1.807) is 27.9 Å². The van der Waals surface area contributed by atoms with Gasteiger partial charge in [-0.3, -0.25) is 38.4 Å². The van der Waals surface area contributed by atoms with Gasteiger partial charge in [-0.25, -0.2) is 0 Å². The molecular weight excluding hydrogens is 839 g/mol. The average Bonchev–Trinajstić information content (AvgIpc) is 3.22. The van der Waals surface area contributed by atoms with Crippen molar-refractivity contribution < 1.29 is 38.4 Å². The van der Waals surface area contributed by atoms with E-state index in [9.17, 15) is 38.4 Å². The van der Waals surface area contributed by atoms with Crippen molar-refractivity contribution >= 4 is 59.0 Å². The van der Waals surface area contributed by atoms with Crippen LogP contribution in [0.2, 0.25) is 0 Å². The van der Waals surface area contributed by atoms with Gasteiger partial charge in [0.15, 0.2) is 5.37 Å². The molecule has 0 aliphatic carbocycles. The van der Waals surface area contributed by atoms with Gasteiger partial charge >= 0.3 is 0 Å². The van der Waals surface area contributed by atoms with Crippen molar-refractivity contribution in [3.63, 3.8) is 0 Å². The molecule has 0 aliphatic rings.